The zero-order valence-corrected chi connectivity index (χ0v) is 17.0. The van der Waals surface area contributed by atoms with Crippen LogP contribution in [0.2, 0.25) is 0 Å². The first-order valence-electron chi connectivity index (χ1n) is 9.95. The van der Waals surface area contributed by atoms with Crippen LogP contribution in [0.25, 0.3) is 5.69 Å². The number of aryl methyl sites for hydroxylation is 2. The Labute approximate surface area is 167 Å². The summed E-state index contributed by atoms with van der Waals surface area (Å²) in [6, 6.07) is 20.5. The van der Waals surface area contributed by atoms with E-state index in [9.17, 15) is 4.79 Å². The number of carbonyl (C=O) groups is 1. The monoisotopic (exact) mass is 375 g/mol. The number of aromatic nitrogens is 2. The zero-order chi connectivity index (χ0) is 19.9. The molecule has 1 aromatic heterocycles. The molecule has 0 aliphatic carbocycles. The molecule has 0 radical (unpaired) electrons. The number of nitrogens with one attached hydrogen (secondary N) is 1. The zero-order valence-electron chi connectivity index (χ0n) is 17.0. The molecule has 0 aliphatic heterocycles. The third kappa shape index (κ3) is 5.10. The predicted molar refractivity (Wildman–Crippen MR) is 113 cm³/mol. The van der Waals surface area contributed by atoms with E-state index < -0.39 is 0 Å². The molecular formula is C24H29N3O. The standard InChI is InChI=1S/C24H29N3O/c1-18(14-15-21-10-6-4-7-11-21)16-24(28)25-17-23-19(2)26-27(20(23)3)22-12-8-5-9-13-22/h4-13,18H,14-17H2,1-3H3,(H,25,28). The molecule has 0 saturated carbocycles. The van der Waals surface area contributed by atoms with E-state index in [-0.39, 0.29) is 5.91 Å². The second kappa shape index (κ2) is 9.36. The van der Waals surface area contributed by atoms with Crippen LogP contribution in [0.15, 0.2) is 60.7 Å². The molecular weight excluding hydrogens is 346 g/mol. The van der Waals surface area contributed by atoms with Crippen molar-refractivity contribution in [3.8, 4) is 5.69 Å². The smallest absolute Gasteiger partial charge is 0.220 e. The normalized spacial score (nSPS) is 12.0. The summed E-state index contributed by atoms with van der Waals surface area (Å²) in [5.41, 5.74) is 5.48. The highest BCUT2D eigenvalue weighted by molar-refractivity contribution is 5.76. The fourth-order valence-electron chi connectivity index (χ4n) is 3.49. The minimum atomic E-state index is 0.104. The first-order valence-corrected chi connectivity index (χ1v) is 9.95. The highest BCUT2D eigenvalue weighted by Gasteiger charge is 2.15. The Hall–Kier alpha value is -2.88. The number of rotatable bonds is 8. The van der Waals surface area contributed by atoms with E-state index in [4.69, 9.17) is 0 Å². The summed E-state index contributed by atoms with van der Waals surface area (Å²) < 4.78 is 1.94. The van der Waals surface area contributed by atoms with Gasteiger partial charge in [-0.15, -0.1) is 0 Å². The fraction of sp³-hybridized carbons (Fsp3) is 0.333. The Morgan fingerprint density at radius 2 is 1.68 bits per heavy atom. The van der Waals surface area contributed by atoms with E-state index in [0.29, 0.717) is 18.9 Å². The summed E-state index contributed by atoms with van der Waals surface area (Å²) in [4.78, 5) is 12.4. The van der Waals surface area contributed by atoms with Gasteiger partial charge in [0.25, 0.3) is 0 Å². The summed E-state index contributed by atoms with van der Waals surface area (Å²) in [6.45, 7) is 6.72. The van der Waals surface area contributed by atoms with Crippen LogP contribution < -0.4 is 5.32 Å². The number of benzene rings is 2. The lowest BCUT2D eigenvalue weighted by Gasteiger charge is -2.12. The van der Waals surface area contributed by atoms with Gasteiger partial charge in [0, 0.05) is 24.2 Å². The topological polar surface area (TPSA) is 46.9 Å². The van der Waals surface area contributed by atoms with Crippen LogP contribution in [0.5, 0.6) is 0 Å². The number of hydrogen-bond donors (Lipinski definition) is 1. The van der Waals surface area contributed by atoms with Gasteiger partial charge in [-0.2, -0.15) is 5.10 Å². The Bertz CT molecular complexity index is 900. The third-order valence-corrected chi connectivity index (χ3v) is 5.21. The Balaban J connectivity index is 1.52. The van der Waals surface area contributed by atoms with Gasteiger partial charge in [-0.1, -0.05) is 55.5 Å². The van der Waals surface area contributed by atoms with Crippen molar-refractivity contribution in [2.45, 2.75) is 46.6 Å². The number of amides is 1. The highest BCUT2D eigenvalue weighted by atomic mass is 16.1. The lowest BCUT2D eigenvalue weighted by atomic mass is 9.98. The van der Waals surface area contributed by atoms with Crippen molar-refractivity contribution in [3.63, 3.8) is 0 Å². The average molecular weight is 376 g/mol. The van der Waals surface area contributed by atoms with Gasteiger partial charge in [0.1, 0.15) is 0 Å². The Kier molecular flexibility index (Phi) is 6.64. The van der Waals surface area contributed by atoms with Gasteiger partial charge in [-0.05, 0) is 50.3 Å². The van der Waals surface area contributed by atoms with Crippen LogP contribution in [-0.2, 0) is 17.8 Å². The van der Waals surface area contributed by atoms with Gasteiger partial charge in [-0.3, -0.25) is 4.79 Å². The van der Waals surface area contributed by atoms with Crippen molar-refractivity contribution < 1.29 is 4.79 Å². The summed E-state index contributed by atoms with van der Waals surface area (Å²) in [5.74, 6) is 0.460. The van der Waals surface area contributed by atoms with Crippen LogP contribution in [0.4, 0.5) is 0 Å². The van der Waals surface area contributed by atoms with Gasteiger partial charge in [0.05, 0.1) is 11.4 Å². The van der Waals surface area contributed by atoms with Crippen LogP contribution in [0, 0.1) is 19.8 Å². The van der Waals surface area contributed by atoms with Gasteiger partial charge < -0.3 is 5.32 Å². The number of hydrogen-bond acceptors (Lipinski definition) is 2. The van der Waals surface area contributed by atoms with E-state index in [1.54, 1.807) is 0 Å². The van der Waals surface area contributed by atoms with Crippen LogP contribution >= 0.6 is 0 Å². The van der Waals surface area contributed by atoms with Gasteiger partial charge >= 0.3 is 0 Å². The highest BCUT2D eigenvalue weighted by Crippen LogP contribution is 2.18. The van der Waals surface area contributed by atoms with Crippen LogP contribution in [0.1, 0.15) is 42.3 Å². The average Bonchev–Trinajstić information content (AvgIpc) is 3.00. The molecule has 146 valence electrons. The van der Waals surface area contributed by atoms with Crippen molar-refractivity contribution in [1.29, 1.82) is 0 Å². The number of para-hydroxylation sites is 1. The van der Waals surface area contributed by atoms with Crippen LogP contribution in [0.3, 0.4) is 0 Å². The summed E-state index contributed by atoms with van der Waals surface area (Å²) in [5, 5.41) is 7.73. The quantitative estimate of drug-likeness (QED) is 0.617. The van der Waals surface area contributed by atoms with Gasteiger partial charge in [0.15, 0.2) is 0 Å². The van der Waals surface area contributed by atoms with Crippen molar-refractivity contribution in [2.75, 3.05) is 0 Å². The first-order chi connectivity index (χ1) is 13.5. The van der Waals surface area contributed by atoms with E-state index >= 15 is 0 Å². The second-order valence-corrected chi connectivity index (χ2v) is 7.51. The van der Waals surface area contributed by atoms with Crippen molar-refractivity contribution >= 4 is 5.91 Å². The predicted octanol–water partition coefficient (Wildman–Crippen LogP) is 4.76. The lowest BCUT2D eigenvalue weighted by Crippen LogP contribution is -2.25. The van der Waals surface area contributed by atoms with Gasteiger partial charge in [-0.25, -0.2) is 4.68 Å². The number of nitrogens with zero attached hydrogens (tertiary/aromatic N) is 2. The summed E-state index contributed by atoms with van der Waals surface area (Å²) >= 11 is 0. The van der Waals surface area contributed by atoms with E-state index in [1.165, 1.54) is 5.56 Å². The molecule has 0 aliphatic rings. The molecule has 1 heterocycles. The SMILES string of the molecule is Cc1nn(-c2ccccc2)c(C)c1CNC(=O)CC(C)CCc1ccccc1. The molecule has 1 N–H and O–H groups in total. The summed E-state index contributed by atoms with van der Waals surface area (Å²) in [7, 11) is 0. The second-order valence-electron chi connectivity index (χ2n) is 7.51. The first kappa shape index (κ1) is 19.9. The Morgan fingerprint density at radius 1 is 1.04 bits per heavy atom. The van der Waals surface area contributed by atoms with Gasteiger partial charge in [0.2, 0.25) is 5.91 Å². The lowest BCUT2D eigenvalue weighted by molar-refractivity contribution is -0.122. The molecule has 4 heteroatoms. The van der Waals surface area contributed by atoms with E-state index in [1.807, 2.05) is 48.0 Å². The minimum absolute atomic E-state index is 0.104. The molecule has 0 fully saturated rings. The maximum Gasteiger partial charge on any atom is 0.220 e. The summed E-state index contributed by atoms with van der Waals surface area (Å²) in [6.07, 6.45) is 2.58. The molecule has 1 atom stereocenters. The molecule has 1 amide bonds. The largest absolute Gasteiger partial charge is 0.352 e. The van der Waals surface area contributed by atoms with E-state index in [2.05, 4.69) is 48.5 Å². The molecule has 0 bridgehead atoms. The van der Waals surface area contributed by atoms with Crippen molar-refractivity contribution in [1.82, 2.24) is 15.1 Å². The number of carbonyl (C=O) groups excluding carboxylic acids is 1. The molecule has 4 nitrogen and oxygen atoms in total. The molecule has 3 rings (SSSR count). The molecule has 2 aromatic carbocycles. The molecule has 28 heavy (non-hydrogen) atoms. The fourth-order valence-corrected chi connectivity index (χ4v) is 3.49. The molecule has 3 aromatic rings. The maximum atomic E-state index is 12.4. The maximum absolute atomic E-state index is 12.4. The third-order valence-electron chi connectivity index (χ3n) is 5.21. The minimum Gasteiger partial charge on any atom is -0.352 e. The molecule has 1 unspecified atom stereocenters. The van der Waals surface area contributed by atoms with Crippen molar-refractivity contribution in [2.24, 2.45) is 5.92 Å². The van der Waals surface area contributed by atoms with Crippen molar-refractivity contribution in [3.05, 3.63) is 83.2 Å². The Morgan fingerprint density at radius 3 is 2.36 bits per heavy atom. The van der Waals surface area contributed by atoms with E-state index in [0.717, 1.165) is 35.5 Å². The molecule has 0 saturated heterocycles. The van der Waals surface area contributed by atoms with Crippen LogP contribution in [-0.4, -0.2) is 15.7 Å². The molecule has 0 spiro atoms.